The summed E-state index contributed by atoms with van der Waals surface area (Å²) < 4.78 is 6.51. The van der Waals surface area contributed by atoms with Crippen LogP contribution in [0, 0.1) is 0 Å². The molecular formula is C12H14N2O2. The van der Waals surface area contributed by atoms with E-state index in [2.05, 4.69) is 4.74 Å². The second-order valence-electron chi connectivity index (χ2n) is 3.62. The number of hydrogen-bond donors (Lipinski definition) is 1. The lowest BCUT2D eigenvalue weighted by atomic mass is 10.1. The fraction of sp³-hybridized carbons (Fsp3) is 0.250. The fourth-order valence-corrected chi connectivity index (χ4v) is 1.70. The summed E-state index contributed by atoms with van der Waals surface area (Å²) >= 11 is 0. The van der Waals surface area contributed by atoms with E-state index in [1.54, 1.807) is 0 Å². The average molecular weight is 218 g/mol. The first-order valence-electron chi connectivity index (χ1n) is 5.09. The van der Waals surface area contributed by atoms with Crippen LogP contribution >= 0.6 is 0 Å². The lowest BCUT2D eigenvalue weighted by Crippen LogP contribution is -2.10. The molecule has 0 atom stereocenters. The molecule has 2 aromatic rings. The average Bonchev–Trinajstić information content (AvgIpc) is 2.71. The van der Waals surface area contributed by atoms with Gasteiger partial charge in [-0.05, 0) is 23.1 Å². The minimum Gasteiger partial charge on any atom is -0.468 e. The molecule has 0 amide bonds. The Morgan fingerprint density at radius 1 is 1.44 bits per heavy atom. The summed E-state index contributed by atoms with van der Waals surface area (Å²) in [7, 11) is 1.39. The summed E-state index contributed by atoms with van der Waals surface area (Å²) in [6.07, 6.45) is 1.88. The Labute approximate surface area is 93.6 Å². The number of hydrogen-bond acceptors (Lipinski definition) is 3. The highest BCUT2D eigenvalue weighted by atomic mass is 16.5. The van der Waals surface area contributed by atoms with Gasteiger partial charge in [0, 0.05) is 18.3 Å². The van der Waals surface area contributed by atoms with E-state index >= 15 is 0 Å². The van der Waals surface area contributed by atoms with Crippen molar-refractivity contribution >= 4 is 16.9 Å². The van der Waals surface area contributed by atoms with Gasteiger partial charge in [0.25, 0.3) is 0 Å². The van der Waals surface area contributed by atoms with E-state index in [1.165, 1.54) is 7.11 Å². The minimum atomic E-state index is -0.254. The number of ether oxygens (including phenoxy) is 1. The molecule has 0 spiro atoms. The number of benzene rings is 1. The largest absolute Gasteiger partial charge is 0.468 e. The minimum absolute atomic E-state index is 0.230. The van der Waals surface area contributed by atoms with Crippen molar-refractivity contribution in [2.45, 2.75) is 13.1 Å². The van der Waals surface area contributed by atoms with E-state index in [-0.39, 0.29) is 12.5 Å². The fourth-order valence-electron chi connectivity index (χ4n) is 1.70. The van der Waals surface area contributed by atoms with Crippen LogP contribution in [-0.4, -0.2) is 17.6 Å². The molecule has 0 radical (unpaired) electrons. The van der Waals surface area contributed by atoms with Crippen molar-refractivity contribution in [1.29, 1.82) is 0 Å². The smallest absolute Gasteiger partial charge is 0.325 e. The molecule has 4 nitrogen and oxygen atoms in total. The molecular weight excluding hydrogens is 204 g/mol. The van der Waals surface area contributed by atoms with E-state index in [4.69, 9.17) is 5.73 Å². The van der Waals surface area contributed by atoms with Gasteiger partial charge in [-0.3, -0.25) is 4.79 Å². The number of esters is 1. The molecule has 0 aliphatic heterocycles. The Hall–Kier alpha value is -1.81. The van der Waals surface area contributed by atoms with E-state index < -0.39 is 0 Å². The third kappa shape index (κ3) is 1.92. The molecule has 0 saturated heterocycles. The number of nitrogens with two attached hydrogens (primary N) is 1. The van der Waals surface area contributed by atoms with E-state index in [0.717, 1.165) is 16.5 Å². The first kappa shape index (κ1) is 10.7. The van der Waals surface area contributed by atoms with E-state index in [9.17, 15) is 4.79 Å². The Kier molecular flexibility index (Phi) is 2.92. The zero-order chi connectivity index (χ0) is 11.5. The van der Waals surface area contributed by atoms with Crippen molar-refractivity contribution in [2.75, 3.05) is 7.11 Å². The normalized spacial score (nSPS) is 10.6. The molecule has 0 unspecified atom stereocenters. The molecule has 0 bridgehead atoms. The summed E-state index contributed by atoms with van der Waals surface area (Å²) in [6, 6.07) is 7.97. The Bertz CT molecular complexity index is 517. The van der Waals surface area contributed by atoms with Crippen LogP contribution in [0.1, 0.15) is 5.56 Å². The van der Waals surface area contributed by atoms with Gasteiger partial charge in [0.2, 0.25) is 0 Å². The molecule has 0 aliphatic carbocycles. The maximum atomic E-state index is 11.2. The van der Waals surface area contributed by atoms with Gasteiger partial charge in [0.15, 0.2) is 0 Å². The van der Waals surface area contributed by atoms with Gasteiger partial charge in [-0.25, -0.2) is 0 Å². The first-order valence-corrected chi connectivity index (χ1v) is 5.09. The first-order chi connectivity index (χ1) is 7.74. The van der Waals surface area contributed by atoms with Gasteiger partial charge >= 0.3 is 5.97 Å². The zero-order valence-corrected chi connectivity index (χ0v) is 9.14. The van der Waals surface area contributed by atoms with Gasteiger partial charge in [-0.15, -0.1) is 0 Å². The van der Waals surface area contributed by atoms with Crippen molar-refractivity contribution in [2.24, 2.45) is 5.73 Å². The number of nitrogens with zero attached hydrogens (tertiary/aromatic N) is 1. The van der Waals surface area contributed by atoms with Gasteiger partial charge < -0.3 is 15.0 Å². The molecule has 4 heteroatoms. The quantitative estimate of drug-likeness (QED) is 0.789. The molecule has 16 heavy (non-hydrogen) atoms. The molecule has 1 heterocycles. The SMILES string of the molecule is COC(=O)Cn1ccc2ccc(CN)cc21. The van der Waals surface area contributed by atoms with Gasteiger partial charge in [0.1, 0.15) is 6.54 Å². The summed E-state index contributed by atoms with van der Waals surface area (Å²) in [6.45, 7) is 0.730. The van der Waals surface area contributed by atoms with Crippen LogP contribution in [0.2, 0.25) is 0 Å². The number of fused-ring (bicyclic) bond motifs is 1. The molecule has 84 valence electrons. The predicted octanol–water partition coefficient (Wildman–Crippen LogP) is 1.27. The van der Waals surface area contributed by atoms with Crippen LogP contribution in [0.15, 0.2) is 30.5 Å². The van der Waals surface area contributed by atoms with Crippen molar-refractivity contribution in [3.05, 3.63) is 36.0 Å². The standard InChI is InChI=1S/C12H14N2O2/c1-16-12(15)8-14-5-4-10-3-2-9(7-13)6-11(10)14/h2-6H,7-8,13H2,1H3. The number of rotatable bonds is 3. The van der Waals surface area contributed by atoms with E-state index in [0.29, 0.717) is 6.54 Å². The maximum absolute atomic E-state index is 11.2. The Morgan fingerprint density at radius 3 is 2.94 bits per heavy atom. The van der Waals surface area contributed by atoms with E-state index in [1.807, 2.05) is 35.0 Å². The summed E-state index contributed by atoms with van der Waals surface area (Å²) in [4.78, 5) is 11.2. The molecule has 1 aromatic carbocycles. The third-order valence-corrected chi connectivity index (χ3v) is 2.60. The lowest BCUT2D eigenvalue weighted by Gasteiger charge is -2.04. The van der Waals surface area contributed by atoms with Crippen LogP contribution < -0.4 is 5.73 Å². The number of carbonyl (C=O) groups excluding carboxylic acids is 1. The van der Waals surface area contributed by atoms with Crippen LogP contribution in [0.4, 0.5) is 0 Å². The van der Waals surface area contributed by atoms with Gasteiger partial charge in [-0.1, -0.05) is 12.1 Å². The van der Waals surface area contributed by atoms with Gasteiger partial charge in [-0.2, -0.15) is 0 Å². The Morgan fingerprint density at radius 2 is 2.25 bits per heavy atom. The molecule has 0 fully saturated rings. The highest BCUT2D eigenvalue weighted by Crippen LogP contribution is 2.17. The van der Waals surface area contributed by atoms with Crippen LogP contribution in [0.25, 0.3) is 10.9 Å². The number of methoxy groups -OCH3 is 1. The number of carbonyl (C=O) groups is 1. The third-order valence-electron chi connectivity index (χ3n) is 2.60. The second kappa shape index (κ2) is 4.37. The summed E-state index contributed by atoms with van der Waals surface area (Å²) in [5.74, 6) is -0.254. The van der Waals surface area contributed by atoms with Crippen molar-refractivity contribution in [1.82, 2.24) is 4.57 Å². The Balaban J connectivity index is 2.41. The van der Waals surface area contributed by atoms with Crippen LogP contribution in [0.5, 0.6) is 0 Å². The molecule has 1 aromatic heterocycles. The van der Waals surface area contributed by atoms with Crippen molar-refractivity contribution in [3.8, 4) is 0 Å². The zero-order valence-electron chi connectivity index (χ0n) is 9.14. The molecule has 0 saturated carbocycles. The monoisotopic (exact) mass is 218 g/mol. The highest BCUT2D eigenvalue weighted by molar-refractivity contribution is 5.82. The topological polar surface area (TPSA) is 57.2 Å². The summed E-state index contributed by atoms with van der Waals surface area (Å²) in [5, 5.41) is 1.10. The van der Waals surface area contributed by atoms with Crippen LogP contribution in [0.3, 0.4) is 0 Å². The van der Waals surface area contributed by atoms with Crippen molar-refractivity contribution < 1.29 is 9.53 Å². The predicted molar refractivity (Wildman–Crippen MR) is 61.8 cm³/mol. The highest BCUT2D eigenvalue weighted by Gasteiger charge is 2.06. The molecule has 2 rings (SSSR count). The van der Waals surface area contributed by atoms with Gasteiger partial charge in [0.05, 0.1) is 7.11 Å². The van der Waals surface area contributed by atoms with Crippen molar-refractivity contribution in [3.63, 3.8) is 0 Å². The second-order valence-corrected chi connectivity index (χ2v) is 3.62. The molecule has 2 N–H and O–H groups in total. The summed E-state index contributed by atoms with van der Waals surface area (Å²) in [5.41, 5.74) is 7.65. The lowest BCUT2D eigenvalue weighted by molar-refractivity contribution is -0.141. The molecule has 0 aliphatic rings. The maximum Gasteiger partial charge on any atom is 0.325 e. The number of aromatic nitrogens is 1. The van der Waals surface area contributed by atoms with Crippen LogP contribution in [-0.2, 0) is 22.6 Å².